The highest BCUT2D eigenvalue weighted by Gasteiger charge is 2.22. The fraction of sp³-hybridized carbons (Fsp3) is 0.136. The zero-order chi connectivity index (χ0) is 21.4. The highest BCUT2D eigenvalue weighted by molar-refractivity contribution is 6.09. The first-order valence-electron chi connectivity index (χ1n) is 9.25. The van der Waals surface area contributed by atoms with Gasteiger partial charge in [-0.1, -0.05) is 18.2 Å². The normalized spacial score (nSPS) is 10.9. The van der Waals surface area contributed by atoms with Gasteiger partial charge in [-0.3, -0.25) is 9.59 Å². The number of aromatic hydroxyl groups is 1. The summed E-state index contributed by atoms with van der Waals surface area (Å²) in [6.07, 6.45) is 1.41. The van der Waals surface area contributed by atoms with Crippen LogP contribution in [-0.4, -0.2) is 32.9 Å². The van der Waals surface area contributed by atoms with Crippen LogP contribution in [0.25, 0.3) is 16.7 Å². The molecule has 0 atom stereocenters. The van der Waals surface area contributed by atoms with Crippen molar-refractivity contribution < 1.29 is 14.6 Å². The number of H-pyrrole nitrogens is 1. The van der Waals surface area contributed by atoms with E-state index in [0.717, 1.165) is 16.8 Å². The Labute approximate surface area is 171 Å². The molecule has 8 nitrogen and oxygen atoms in total. The molecular weight excluding hydrogens is 384 g/mol. The predicted octanol–water partition coefficient (Wildman–Crippen LogP) is 3.30. The molecular formula is C22H20N4O4. The Morgan fingerprint density at radius 1 is 1.17 bits per heavy atom. The molecule has 2 aromatic heterocycles. The van der Waals surface area contributed by atoms with Gasteiger partial charge in [0.15, 0.2) is 0 Å². The molecule has 1 amide bonds. The van der Waals surface area contributed by atoms with Crippen molar-refractivity contribution >= 4 is 22.6 Å². The van der Waals surface area contributed by atoms with Crippen LogP contribution in [0.3, 0.4) is 0 Å². The van der Waals surface area contributed by atoms with E-state index in [4.69, 9.17) is 4.74 Å². The van der Waals surface area contributed by atoms with Crippen molar-refractivity contribution in [3.8, 4) is 17.2 Å². The Morgan fingerprint density at radius 3 is 2.67 bits per heavy atom. The lowest BCUT2D eigenvalue weighted by atomic mass is 10.1. The predicted molar refractivity (Wildman–Crippen MR) is 114 cm³/mol. The van der Waals surface area contributed by atoms with Crippen LogP contribution < -0.4 is 15.6 Å². The third kappa shape index (κ3) is 3.28. The van der Waals surface area contributed by atoms with Gasteiger partial charge in [0.2, 0.25) is 0 Å². The van der Waals surface area contributed by atoms with Gasteiger partial charge >= 0.3 is 0 Å². The van der Waals surface area contributed by atoms with E-state index in [1.54, 1.807) is 12.1 Å². The molecule has 0 unspecified atom stereocenters. The van der Waals surface area contributed by atoms with Crippen molar-refractivity contribution in [3.63, 3.8) is 0 Å². The summed E-state index contributed by atoms with van der Waals surface area (Å²) < 4.78 is 6.76. The van der Waals surface area contributed by atoms with Crippen LogP contribution in [0, 0.1) is 13.8 Å². The standard InChI is InChI=1S/C22H20N4O4/c1-12-5-4-6-14(9-12)26-20-15(11-23-26)19(27)18(22(29)25-20)21(28)24-16-10-13(2)7-8-17(16)30-3/h4-11H,1-3H3,(H,24,28)(H2,25,27,29). The first-order chi connectivity index (χ1) is 14.4. The molecule has 4 rings (SSSR count). The molecule has 2 aromatic carbocycles. The number of nitrogens with one attached hydrogen (secondary N) is 2. The number of hydrogen-bond donors (Lipinski definition) is 3. The highest BCUT2D eigenvalue weighted by Crippen LogP contribution is 2.29. The number of aromatic amines is 1. The maximum Gasteiger partial charge on any atom is 0.266 e. The molecule has 8 heteroatoms. The minimum absolute atomic E-state index is 0.262. The van der Waals surface area contributed by atoms with E-state index in [9.17, 15) is 14.7 Å². The van der Waals surface area contributed by atoms with Crippen LogP contribution in [0.2, 0.25) is 0 Å². The number of carbonyl (C=O) groups is 1. The Kier molecular flexibility index (Phi) is 4.75. The molecule has 2 heterocycles. The SMILES string of the molecule is COc1ccc(C)cc1NC(=O)c1c(O)c2cnn(-c3cccc(C)c3)c2[nH]c1=O. The van der Waals surface area contributed by atoms with Gasteiger partial charge in [0, 0.05) is 0 Å². The molecule has 0 spiro atoms. The summed E-state index contributed by atoms with van der Waals surface area (Å²) in [5.41, 5.74) is 2.23. The number of carbonyl (C=O) groups excluding carboxylic acids is 1. The zero-order valence-electron chi connectivity index (χ0n) is 16.7. The van der Waals surface area contributed by atoms with Crippen molar-refractivity contribution in [2.45, 2.75) is 13.8 Å². The summed E-state index contributed by atoms with van der Waals surface area (Å²) in [6, 6.07) is 12.8. The number of anilines is 1. The third-order valence-corrected chi connectivity index (χ3v) is 4.80. The number of fused-ring (bicyclic) bond motifs is 1. The van der Waals surface area contributed by atoms with Crippen LogP contribution in [0.4, 0.5) is 5.69 Å². The molecule has 0 aliphatic carbocycles. The van der Waals surface area contributed by atoms with Crippen molar-refractivity contribution in [1.29, 1.82) is 0 Å². The largest absolute Gasteiger partial charge is 0.506 e. The van der Waals surface area contributed by atoms with E-state index in [1.807, 2.05) is 44.2 Å². The Bertz CT molecular complexity index is 1340. The van der Waals surface area contributed by atoms with Gasteiger partial charge in [-0.05, 0) is 49.2 Å². The fourth-order valence-electron chi connectivity index (χ4n) is 3.32. The van der Waals surface area contributed by atoms with Gasteiger partial charge in [-0.2, -0.15) is 5.10 Å². The summed E-state index contributed by atoms with van der Waals surface area (Å²) in [5.74, 6) is -0.738. The topological polar surface area (TPSA) is 109 Å². The molecule has 152 valence electrons. The van der Waals surface area contributed by atoms with Crippen molar-refractivity contribution in [2.75, 3.05) is 12.4 Å². The minimum Gasteiger partial charge on any atom is -0.506 e. The quantitative estimate of drug-likeness (QED) is 0.484. The van der Waals surface area contributed by atoms with Crippen molar-refractivity contribution in [2.24, 2.45) is 0 Å². The average molecular weight is 404 g/mol. The maximum absolute atomic E-state index is 12.8. The fourth-order valence-corrected chi connectivity index (χ4v) is 3.32. The van der Waals surface area contributed by atoms with Gasteiger partial charge in [0.1, 0.15) is 22.7 Å². The second-order valence-corrected chi connectivity index (χ2v) is 6.99. The van der Waals surface area contributed by atoms with Crippen LogP contribution in [0.5, 0.6) is 11.5 Å². The van der Waals surface area contributed by atoms with E-state index < -0.39 is 22.8 Å². The van der Waals surface area contributed by atoms with Crippen LogP contribution in [0.15, 0.2) is 53.5 Å². The summed E-state index contributed by atoms with van der Waals surface area (Å²) in [7, 11) is 1.48. The number of ether oxygens (including phenoxy) is 1. The molecule has 0 aliphatic heterocycles. The Hall–Kier alpha value is -4.07. The van der Waals surface area contributed by atoms with E-state index in [0.29, 0.717) is 17.1 Å². The zero-order valence-corrected chi connectivity index (χ0v) is 16.7. The minimum atomic E-state index is -0.747. The van der Waals surface area contributed by atoms with Crippen molar-refractivity contribution in [1.82, 2.24) is 14.8 Å². The van der Waals surface area contributed by atoms with Crippen molar-refractivity contribution in [3.05, 3.63) is 75.7 Å². The van der Waals surface area contributed by atoms with Crippen LogP contribution in [-0.2, 0) is 0 Å². The van der Waals surface area contributed by atoms with Gasteiger partial charge in [0.05, 0.1) is 30.1 Å². The highest BCUT2D eigenvalue weighted by atomic mass is 16.5. The molecule has 0 bridgehead atoms. The number of nitrogens with zero attached hydrogens (tertiary/aromatic N) is 2. The monoisotopic (exact) mass is 404 g/mol. The summed E-state index contributed by atoms with van der Waals surface area (Å²) in [6.45, 7) is 3.81. The first kappa shape index (κ1) is 19.3. The molecule has 0 aliphatic rings. The van der Waals surface area contributed by atoms with Gasteiger partial charge in [-0.15, -0.1) is 0 Å². The van der Waals surface area contributed by atoms with Gasteiger partial charge in [0.25, 0.3) is 11.5 Å². The summed E-state index contributed by atoms with van der Waals surface area (Å²) in [5, 5.41) is 17.9. The average Bonchev–Trinajstić information content (AvgIpc) is 3.12. The van der Waals surface area contributed by atoms with E-state index in [-0.39, 0.29) is 5.39 Å². The lowest BCUT2D eigenvalue weighted by Gasteiger charge is -2.12. The first-order valence-corrected chi connectivity index (χ1v) is 9.25. The molecule has 0 radical (unpaired) electrons. The lowest BCUT2D eigenvalue weighted by molar-refractivity contribution is 0.102. The Morgan fingerprint density at radius 2 is 1.93 bits per heavy atom. The molecule has 4 aromatic rings. The van der Waals surface area contributed by atoms with E-state index in [2.05, 4.69) is 15.4 Å². The number of amides is 1. The number of rotatable bonds is 4. The number of methoxy groups -OCH3 is 1. The third-order valence-electron chi connectivity index (χ3n) is 4.80. The number of aryl methyl sites for hydroxylation is 2. The number of pyridine rings is 1. The second kappa shape index (κ2) is 7.40. The van der Waals surface area contributed by atoms with Gasteiger partial charge in [-0.25, -0.2) is 4.68 Å². The number of benzene rings is 2. The molecule has 0 fully saturated rings. The number of aromatic nitrogens is 3. The van der Waals surface area contributed by atoms with E-state index in [1.165, 1.54) is 18.0 Å². The summed E-state index contributed by atoms with van der Waals surface area (Å²) in [4.78, 5) is 28.2. The summed E-state index contributed by atoms with van der Waals surface area (Å²) >= 11 is 0. The number of hydrogen-bond acceptors (Lipinski definition) is 5. The molecule has 30 heavy (non-hydrogen) atoms. The maximum atomic E-state index is 12.8. The Balaban J connectivity index is 1.79. The molecule has 0 saturated heterocycles. The molecule has 3 N–H and O–H groups in total. The van der Waals surface area contributed by atoms with Crippen LogP contribution >= 0.6 is 0 Å². The van der Waals surface area contributed by atoms with Crippen LogP contribution in [0.1, 0.15) is 21.5 Å². The second-order valence-electron chi connectivity index (χ2n) is 6.99. The van der Waals surface area contributed by atoms with Gasteiger partial charge < -0.3 is 20.1 Å². The van der Waals surface area contributed by atoms with E-state index >= 15 is 0 Å². The lowest BCUT2D eigenvalue weighted by Crippen LogP contribution is -2.24. The smallest absolute Gasteiger partial charge is 0.266 e. The molecule has 0 saturated carbocycles.